The van der Waals surface area contributed by atoms with Gasteiger partial charge in [-0.15, -0.1) is 11.8 Å². The lowest BCUT2D eigenvalue weighted by Gasteiger charge is -2.08. The molecule has 0 heterocycles. The minimum Gasteiger partial charge on any atom is -0.478 e. The van der Waals surface area contributed by atoms with E-state index in [1.807, 2.05) is 0 Å². The number of hydrogen-bond donors (Lipinski definition) is 2. The van der Waals surface area contributed by atoms with E-state index in [-0.39, 0.29) is 11.4 Å². The zero-order valence-corrected chi connectivity index (χ0v) is 12.7. The number of anilines is 1. The normalized spacial score (nSPS) is 10.5. The number of aromatic carboxylic acids is 1. The monoisotopic (exact) mass is 355 g/mol. The van der Waals surface area contributed by atoms with Crippen molar-refractivity contribution in [2.75, 3.05) is 5.73 Å². The zero-order chi connectivity index (χ0) is 14.7. The van der Waals surface area contributed by atoms with Gasteiger partial charge in [-0.1, -0.05) is 22.0 Å². The second kappa shape index (κ2) is 6.28. The average Bonchev–Trinajstić information content (AvgIpc) is 2.40. The molecule has 6 heteroatoms. The van der Waals surface area contributed by atoms with Crippen LogP contribution in [0.25, 0.3) is 0 Å². The number of halogens is 2. The fourth-order valence-corrected chi connectivity index (χ4v) is 3.28. The lowest BCUT2D eigenvalue weighted by atomic mass is 10.1. The Kier molecular flexibility index (Phi) is 4.67. The highest BCUT2D eigenvalue weighted by Gasteiger charge is 2.08. The van der Waals surface area contributed by atoms with Crippen LogP contribution in [0.4, 0.5) is 10.1 Å². The first kappa shape index (κ1) is 14.9. The molecule has 20 heavy (non-hydrogen) atoms. The molecule has 3 nitrogen and oxygen atoms in total. The Hall–Kier alpha value is -1.53. The Morgan fingerprint density at radius 2 is 2.05 bits per heavy atom. The van der Waals surface area contributed by atoms with Gasteiger partial charge in [-0.05, 0) is 35.9 Å². The fraction of sp³-hybridized carbons (Fsp3) is 0.0714. The van der Waals surface area contributed by atoms with Crippen molar-refractivity contribution >= 4 is 39.3 Å². The molecule has 0 aromatic heterocycles. The molecule has 0 fully saturated rings. The van der Waals surface area contributed by atoms with Crippen LogP contribution in [0.2, 0.25) is 0 Å². The summed E-state index contributed by atoms with van der Waals surface area (Å²) in [6.07, 6.45) is 0. The van der Waals surface area contributed by atoms with Crippen LogP contribution in [0, 0.1) is 5.82 Å². The molecule has 104 valence electrons. The van der Waals surface area contributed by atoms with Crippen molar-refractivity contribution in [2.24, 2.45) is 0 Å². The summed E-state index contributed by atoms with van der Waals surface area (Å²) in [5, 5.41) is 8.89. The molecule has 0 aliphatic carbocycles. The summed E-state index contributed by atoms with van der Waals surface area (Å²) in [7, 11) is 0. The maximum Gasteiger partial charge on any atom is 0.335 e. The van der Waals surface area contributed by atoms with Crippen molar-refractivity contribution in [3.63, 3.8) is 0 Å². The van der Waals surface area contributed by atoms with Gasteiger partial charge in [0.1, 0.15) is 5.82 Å². The molecule has 0 spiro atoms. The topological polar surface area (TPSA) is 63.3 Å². The zero-order valence-electron chi connectivity index (χ0n) is 10.3. The van der Waals surface area contributed by atoms with Gasteiger partial charge in [0, 0.05) is 20.8 Å². The molecule has 0 amide bonds. The van der Waals surface area contributed by atoms with Crippen LogP contribution in [0.1, 0.15) is 15.9 Å². The number of nitrogen functional groups attached to an aromatic ring is 1. The van der Waals surface area contributed by atoms with Gasteiger partial charge in [0.25, 0.3) is 0 Å². The second-order valence-electron chi connectivity index (χ2n) is 4.08. The lowest BCUT2D eigenvalue weighted by molar-refractivity contribution is 0.0697. The first-order valence-electron chi connectivity index (χ1n) is 5.67. The molecule has 3 N–H and O–H groups in total. The van der Waals surface area contributed by atoms with E-state index in [1.165, 1.54) is 36.0 Å². The standard InChI is InChI=1S/C14H11BrFNO2S/c15-11-5-8(14(18)19)1-2-9(11)7-20-13-6-10(16)3-4-12(13)17/h1-6H,7,17H2,(H,18,19). The van der Waals surface area contributed by atoms with Crippen LogP contribution in [-0.4, -0.2) is 11.1 Å². The van der Waals surface area contributed by atoms with Gasteiger partial charge in [-0.2, -0.15) is 0 Å². The maximum atomic E-state index is 13.2. The molecule has 0 aliphatic rings. The molecule has 0 saturated carbocycles. The highest BCUT2D eigenvalue weighted by Crippen LogP contribution is 2.31. The fourth-order valence-electron chi connectivity index (χ4n) is 1.59. The van der Waals surface area contributed by atoms with Gasteiger partial charge in [0.2, 0.25) is 0 Å². The third-order valence-electron chi connectivity index (χ3n) is 2.66. The SMILES string of the molecule is Nc1ccc(F)cc1SCc1ccc(C(=O)O)cc1Br. The van der Waals surface area contributed by atoms with Gasteiger partial charge in [0.15, 0.2) is 0 Å². The molecule has 0 unspecified atom stereocenters. The smallest absolute Gasteiger partial charge is 0.335 e. The van der Waals surface area contributed by atoms with Crippen LogP contribution >= 0.6 is 27.7 Å². The number of thioether (sulfide) groups is 1. The summed E-state index contributed by atoms with van der Waals surface area (Å²) < 4.78 is 13.9. The van der Waals surface area contributed by atoms with Crippen molar-refractivity contribution in [3.8, 4) is 0 Å². The quantitative estimate of drug-likeness (QED) is 0.638. The second-order valence-corrected chi connectivity index (χ2v) is 5.95. The Morgan fingerprint density at radius 1 is 1.30 bits per heavy atom. The first-order chi connectivity index (χ1) is 9.47. The van der Waals surface area contributed by atoms with Crippen LogP contribution in [0.3, 0.4) is 0 Å². The van der Waals surface area contributed by atoms with Gasteiger partial charge >= 0.3 is 5.97 Å². The van der Waals surface area contributed by atoms with Crippen LogP contribution in [-0.2, 0) is 5.75 Å². The van der Waals surface area contributed by atoms with E-state index in [2.05, 4.69) is 15.9 Å². The third kappa shape index (κ3) is 3.52. The van der Waals surface area contributed by atoms with E-state index >= 15 is 0 Å². The van der Waals surface area contributed by atoms with Crippen molar-refractivity contribution in [3.05, 3.63) is 57.8 Å². The van der Waals surface area contributed by atoms with Crippen molar-refractivity contribution in [1.82, 2.24) is 0 Å². The van der Waals surface area contributed by atoms with Crippen LogP contribution in [0.15, 0.2) is 45.8 Å². The Balaban J connectivity index is 2.15. The third-order valence-corrected chi connectivity index (χ3v) is 4.52. The van der Waals surface area contributed by atoms with Crippen LogP contribution < -0.4 is 5.73 Å². The minimum atomic E-state index is -0.973. The number of benzene rings is 2. The van der Waals surface area contributed by atoms with Crippen molar-refractivity contribution in [2.45, 2.75) is 10.6 Å². The van der Waals surface area contributed by atoms with Crippen molar-refractivity contribution < 1.29 is 14.3 Å². The summed E-state index contributed by atoms with van der Waals surface area (Å²) in [6.45, 7) is 0. The van der Waals surface area contributed by atoms with E-state index in [9.17, 15) is 9.18 Å². The van der Waals surface area contributed by atoms with E-state index in [0.29, 0.717) is 20.8 Å². The summed E-state index contributed by atoms with van der Waals surface area (Å²) in [5.41, 5.74) is 7.44. The van der Waals surface area contributed by atoms with E-state index in [1.54, 1.807) is 12.1 Å². The number of nitrogens with two attached hydrogens (primary N) is 1. The highest BCUT2D eigenvalue weighted by molar-refractivity contribution is 9.10. The summed E-state index contributed by atoms with van der Waals surface area (Å²) in [4.78, 5) is 11.5. The Labute approximate surface area is 128 Å². The van der Waals surface area contributed by atoms with E-state index < -0.39 is 5.97 Å². The summed E-state index contributed by atoms with van der Waals surface area (Å²) in [5.74, 6) is -0.741. The molecule has 0 aliphatic heterocycles. The average molecular weight is 356 g/mol. The number of hydrogen-bond acceptors (Lipinski definition) is 3. The van der Waals surface area contributed by atoms with Gasteiger partial charge in [-0.3, -0.25) is 0 Å². The minimum absolute atomic E-state index is 0.218. The predicted molar refractivity (Wildman–Crippen MR) is 81.5 cm³/mol. The van der Waals surface area contributed by atoms with E-state index in [4.69, 9.17) is 10.8 Å². The van der Waals surface area contributed by atoms with Gasteiger partial charge in [0.05, 0.1) is 5.56 Å². The molecule has 0 bridgehead atoms. The van der Waals surface area contributed by atoms with Gasteiger partial charge in [-0.25, -0.2) is 9.18 Å². The summed E-state index contributed by atoms with van der Waals surface area (Å²) >= 11 is 4.74. The summed E-state index contributed by atoms with van der Waals surface area (Å²) in [6, 6.07) is 9.05. The largest absolute Gasteiger partial charge is 0.478 e. The van der Waals surface area contributed by atoms with Crippen molar-refractivity contribution in [1.29, 1.82) is 0 Å². The molecule has 0 atom stereocenters. The number of carbonyl (C=O) groups is 1. The molecule has 2 aromatic rings. The molecule has 2 rings (SSSR count). The highest BCUT2D eigenvalue weighted by atomic mass is 79.9. The lowest BCUT2D eigenvalue weighted by Crippen LogP contribution is -1.97. The first-order valence-corrected chi connectivity index (χ1v) is 7.45. The van der Waals surface area contributed by atoms with Gasteiger partial charge < -0.3 is 10.8 Å². The maximum absolute atomic E-state index is 13.2. The van der Waals surface area contributed by atoms with E-state index in [0.717, 1.165) is 5.56 Å². The molecular weight excluding hydrogens is 345 g/mol. The molecule has 0 saturated heterocycles. The number of rotatable bonds is 4. The Morgan fingerprint density at radius 3 is 2.70 bits per heavy atom. The molecule has 0 radical (unpaired) electrons. The number of carboxylic acid groups (broad SMARTS) is 1. The van der Waals surface area contributed by atoms with Crippen LogP contribution in [0.5, 0.6) is 0 Å². The predicted octanol–water partition coefficient (Wildman–Crippen LogP) is 4.16. The number of carboxylic acids is 1. The molecular formula is C14H11BrFNO2S. The Bertz CT molecular complexity index is 664. The molecule has 2 aromatic carbocycles.